The maximum Gasteiger partial charge on any atom is 0.191 e. The Hall–Kier alpha value is -1.84. The van der Waals surface area contributed by atoms with Gasteiger partial charge in [-0.25, -0.2) is 9.38 Å². The van der Waals surface area contributed by atoms with E-state index in [4.69, 9.17) is 4.74 Å². The Labute approximate surface area is 171 Å². The second-order valence-electron chi connectivity index (χ2n) is 5.70. The molecule has 0 saturated carbocycles. The van der Waals surface area contributed by atoms with Gasteiger partial charge in [0, 0.05) is 31.4 Å². The van der Waals surface area contributed by atoms with Crippen LogP contribution in [0.2, 0.25) is 0 Å². The molecule has 0 aliphatic carbocycles. The van der Waals surface area contributed by atoms with E-state index in [1.807, 2.05) is 27.1 Å². The molecule has 2 rings (SSSR count). The maximum atomic E-state index is 13.3. The van der Waals surface area contributed by atoms with E-state index < -0.39 is 0 Å². The molecule has 0 bridgehead atoms. The third kappa shape index (κ3) is 7.59. The molecule has 0 fully saturated rings. The van der Waals surface area contributed by atoms with Crippen LogP contribution in [0.5, 0.6) is 5.75 Å². The summed E-state index contributed by atoms with van der Waals surface area (Å²) in [4.78, 5) is 4.55. The molecule has 144 valence electrons. The number of nitrogens with zero attached hydrogens (tertiary/aromatic N) is 3. The Bertz CT molecular complexity index is 692. The number of benzene rings is 1. The summed E-state index contributed by atoms with van der Waals surface area (Å²) in [6.45, 7) is 5.93. The van der Waals surface area contributed by atoms with E-state index in [-0.39, 0.29) is 35.9 Å². The zero-order valence-corrected chi connectivity index (χ0v) is 17.7. The van der Waals surface area contributed by atoms with Crippen molar-refractivity contribution >= 4 is 29.9 Å². The highest BCUT2D eigenvalue weighted by Crippen LogP contribution is 2.14. The fourth-order valence-corrected chi connectivity index (χ4v) is 2.28. The summed E-state index contributed by atoms with van der Waals surface area (Å²) < 4.78 is 20.9. The fraction of sp³-hybridized carbons (Fsp3) is 0.444. The van der Waals surface area contributed by atoms with Crippen LogP contribution < -0.4 is 15.4 Å². The molecular weight excluding hydrogens is 448 g/mol. The smallest absolute Gasteiger partial charge is 0.191 e. The first kappa shape index (κ1) is 22.2. The quantitative estimate of drug-likeness (QED) is 0.350. The topological polar surface area (TPSA) is 63.5 Å². The second-order valence-corrected chi connectivity index (χ2v) is 5.70. The highest BCUT2D eigenvalue weighted by Gasteiger charge is 2.10. The first-order chi connectivity index (χ1) is 12.1. The van der Waals surface area contributed by atoms with E-state index in [0.717, 1.165) is 18.5 Å². The van der Waals surface area contributed by atoms with Gasteiger partial charge in [-0.2, -0.15) is 5.10 Å². The Morgan fingerprint density at radius 3 is 2.77 bits per heavy atom. The molecule has 6 nitrogen and oxygen atoms in total. The molecule has 1 atom stereocenters. The van der Waals surface area contributed by atoms with Gasteiger partial charge in [0.25, 0.3) is 0 Å². The number of hydrogen-bond acceptors (Lipinski definition) is 3. The third-order valence-electron chi connectivity index (χ3n) is 3.57. The van der Waals surface area contributed by atoms with E-state index in [1.165, 1.54) is 12.1 Å². The third-order valence-corrected chi connectivity index (χ3v) is 3.57. The summed E-state index contributed by atoms with van der Waals surface area (Å²) in [7, 11) is 1.88. The van der Waals surface area contributed by atoms with Gasteiger partial charge in [0.05, 0.1) is 19.3 Å². The SMILES string of the molecule is CCNC(=NCc1cnn(C)c1)NCC(CC)Oc1cccc(F)c1.I. The Balaban J connectivity index is 0.00000338. The number of nitrogens with one attached hydrogen (secondary N) is 2. The van der Waals surface area contributed by atoms with Gasteiger partial charge in [-0.05, 0) is 25.5 Å². The molecule has 0 aliphatic rings. The molecule has 2 aromatic rings. The summed E-state index contributed by atoms with van der Waals surface area (Å²) in [5, 5.41) is 10.6. The molecule has 26 heavy (non-hydrogen) atoms. The van der Waals surface area contributed by atoms with E-state index in [9.17, 15) is 4.39 Å². The Kier molecular flexibility index (Phi) is 10.0. The Morgan fingerprint density at radius 2 is 2.15 bits per heavy atom. The molecule has 1 heterocycles. The van der Waals surface area contributed by atoms with Crippen molar-refractivity contribution < 1.29 is 9.13 Å². The molecule has 1 aromatic heterocycles. The van der Waals surface area contributed by atoms with Gasteiger partial charge in [0.1, 0.15) is 17.7 Å². The first-order valence-electron chi connectivity index (χ1n) is 8.52. The van der Waals surface area contributed by atoms with Crippen LogP contribution in [0.4, 0.5) is 4.39 Å². The molecule has 0 aliphatic heterocycles. The number of guanidine groups is 1. The van der Waals surface area contributed by atoms with Gasteiger partial charge in [0.2, 0.25) is 0 Å². The number of aromatic nitrogens is 2. The number of aryl methyl sites for hydroxylation is 1. The van der Waals surface area contributed by atoms with Crippen LogP contribution in [0.3, 0.4) is 0 Å². The number of aliphatic imine (C=N–C) groups is 1. The average molecular weight is 475 g/mol. The minimum Gasteiger partial charge on any atom is -0.489 e. The fourth-order valence-electron chi connectivity index (χ4n) is 2.28. The van der Waals surface area contributed by atoms with Gasteiger partial charge in [-0.1, -0.05) is 13.0 Å². The van der Waals surface area contributed by atoms with Gasteiger partial charge in [-0.3, -0.25) is 4.68 Å². The van der Waals surface area contributed by atoms with Gasteiger partial charge in [0.15, 0.2) is 5.96 Å². The predicted molar refractivity (Wildman–Crippen MR) is 113 cm³/mol. The van der Waals surface area contributed by atoms with Crippen molar-refractivity contribution in [2.45, 2.75) is 32.9 Å². The minimum absolute atomic E-state index is 0. The van der Waals surface area contributed by atoms with E-state index in [2.05, 4.69) is 20.7 Å². The van der Waals surface area contributed by atoms with Crippen molar-refractivity contribution in [3.63, 3.8) is 0 Å². The molecule has 0 spiro atoms. The Morgan fingerprint density at radius 1 is 1.35 bits per heavy atom. The minimum atomic E-state index is -0.299. The molecule has 1 unspecified atom stereocenters. The molecule has 0 saturated heterocycles. The van der Waals surface area contributed by atoms with Crippen molar-refractivity contribution in [2.24, 2.45) is 12.0 Å². The van der Waals surface area contributed by atoms with Gasteiger partial charge < -0.3 is 15.4 Å². The zero-order valence-electron chi connectivity index (χ0n) is 15.4. The molecule has 0 radical (unpaired) electrons. The highest BCUT2D eigenvalue weighted by atomic mass is 127. The summed E-state index contributed by atoms with van der Waals surface area (Å²) >= 11 is 0. The van der Waals surface area contributed by atoms with E-state index in [1.54, 1.807) is 23.0 Å². The summed E-state index contributed by atoms with van der Waals surface area (Å²) in [6, 6.07) is 6.20. The lowest BCUT2D eigenvalue weighted by Crippen LogP contribution is -2.42. The average Bonchev–Trinajstić information content (AvgIpc) is 3.01. The first-order valence-corrected chi connectivity index (χ1v) is 8.52. The molecule has 8 heteroatoms. The lowest BCUT2D eigenvalue weighted by molar-refractivity contribution is 0.198. The highest BCUT2D eigenvalue weighted by molar-refractivity contribution is 14.0. The normalized spacial score (nSPS) is 12.2. The number of hydrogen-bond donors (Lipinski definition) is 2. The van der Waals surface area contributed by atoms with Crippen molar-refractivity contribution in [2.75, 3.05) is 13.1 Å². The van der Waals surface area contributed by atoms with Crippen molar-refractivity contribution in [1.82, 2.24) is 20.4 Å². The van der Waals surface area contributed by atoms with Crippen molar-refractivity contribution in [3.8, 4) is 5.75 Å². The van der Waals surface area contributed by atoms with Crippen LogP contribution in [-0.4, -0.2) is 34.9 Å². The van der Waals surface area contributed by atoms with Crippen LogP contribution in [0.15, 0.2) is 41.7 Å². The monoisotopic (exact) mass is 475 g/mol. The largest absolute Gasteiger partial charge is 0.489 e. The van der Waals surface area contributed by atoms with E-state index in [0.29, 0.717) is 24.8 Å². The van der Waals surface area contributed by atoms with E-state index >= 15 is 0 Å². The van der Waals surface area contributed by atoms with Gasteiger partial charge in [-0.15, -0.1) is 24.0 Å². The zero-order chi connectivity index (χ0) is 18.1. The van der Waals surface area contributed by atoms with Crippen LogP contribution in [-0.2, 0) is 13.6 Å². The lowest BCUT2D eigenvalue weighted by Gasteiger charge is -2.20. The summed E-state index contributed by atoms with van der Waals surface area (Å²) in [5.74, 6) is 0.949. The lowest BCUT2D eigenvalue weighted by atomic mass is 10.2. The van der Waals surface area contributed by atoms with Crippen molar-refractivity contribution in [1.29, 1.82) is 0 Å². The molecule has 2 N–H and O–H groups in total. The van der Waals surface area contributed by atoms with Crippen molar-refractivity contribution in [3.05, 3.63) is 48.0 Å². The van der Waals surface area contributed by atoms with Crippen LogP contribution in [0, 0.1) is 5.82 Å². The molecule has 1 aromatic carbocycles. The summed E-state index contributed by atoms with van der Waals surface area (Å²) in [6.07, 6.45) is 4.46. The number of ether oxygens (including phenoxy) is 1. The maximum absolute atomic E-state index is 13.3. The van der Waals surface area contributed by atoms with Crippen LogP contribution in [0.25, 0.3) is 0 Å². The van der Waals surface area contributed by atoms with Crippen LogP contribution in [0.1, 0.15) is 25.8 Å². The van der Waals surface area contributed by atoms with Crippen LogP contribution >= 0.6 is 24.0 Å². The molecular formula is C18H27FIN5O. The standard InChI is InChI=1S/C18H26FN5O.HI/c1-4-16(25-17-8-6-7-15(19)9-17)12-22-18(20-5-2)21-10-14-11-23-24(3)13-14;/h6-9,11,13,16H,4-5,10,12H2,1-3H3,(H2,20,21,22);1H. The molecule has 0 amide bonds. The predicted octanol–water partition coefficient (Wildman–Crippen LogP) is 3.09. The summed E-state index contributed by atoms with van der Waals surface area (Å²) in [5.41, 5.74) is 1.04. The number of rotatable bonds is 8. The second kappa shape index (κ2) is 11.7. The van der Waals surface area contributed by atoms with Gasteiger partial charge >= 0.3 is 0 Å². The number of halogens is 2.